The second kappa shape index (κ2) is 107. The molecule has 2 aliphatic rings. The van der Waals surface area contributed by atoms with E-state index in [4.69, 9.17) is 20.2 Å². The Morgan fingerprint density at radius 1 is 0.261 bits per heavy atom. The summed E-state index contributed by atoms with van der Waals surface area (Å²) in [4.78, 5) is 0.0426. The Labute approximate surface area is 1350 Å². The van der Waals surface area contributed by atoms with Crippen LogP contribution in [-0.4, -0.2) is 21.6 Å². The largest absolute Gasteiger partial charge is 0.492 e. The van der Waals surface area contributed by atoms with Crippen molar-refractivity contribution in [3.05, 3.63) is 50.4 Å². The fourth-order valence-corrected chi connectivity index (χ4v) is 18700. The molecular formula is C16H13Br2ClI95O4S-. The van der Waals surface area contributed by atoms with Crippen LogP contribution in [0.15, 0.2) is 44.2 Å². The third-order valence-electron chi connectivity index (χ3n) is 7.34. The Morgan fingerprint density at radius 3 is 0.647 bits per heavy atom. The number of rotatable bonds is 47. The first-order valence-corrected chi connectivity index (χ1v) is 615. The maximum absolute atomic E-state index is 11.2. The monoisotopic (exact) mass is 12500 g/mol. The van der Waals surface area contributed by atoms with Gasteiger partial charge in [0.15, 0.2) is 0 Å². The van der Waals surface area contributed by atoms with Crippen molar-refractivity contribution < 1.29 is 31.1 Å². The zero-order valence-electron chi connectivity index (χ0n) is 48.3. The van der Waals surface area contributed by atoms with Gasteiger partial charge in [-0.05, 0) is 35.9 Å². The summed E-state index contributed by atoms with van der Waals surface area (Å²) in [5.41, 5.74) is 2.19. The number of hydrogen-bond donors (Lipinski definition) is 0. The van der Waals surface area contributed by atoms with Crippen LogP contribution >= 0.6 is 1300 Å². The average Bonchev–Trinajstić information content (AvgIpc) is 1.78. The van der Waals surface area contributed by atoms with Crippen molar-refractivity contribution in [3.8, 4) is 11.5 Å². The van der Waals surface area contributed by atoms with Crippen molar-refractivity contribution in [2.75, 3.05) is 13.2 Å². The first-order chi connectivity index (χ1) is 54.6. The molecule has 0 unspecified atom stereocenters. The van der Waals surface area contributed by atoms with Gasteiger partial charge < -0.3 is 9.47 Å². The van der Waals surface area contributed by atoms with Crippen LogP contribution in [0.1, 0.15) is 11.1 Å². The van der Waals surface area contributed by atoms with Crippen LogP contribution in [0.25, 0.3) is 0 Å². The third kappa shape index (κ3) is 71.8. The zero-order valence-corrected chi connectivity index (χ0v) is 258. The first kappa shape index (κ1) is 184. The molecule has 0 N–H and O–H groups in total. The van der Waals surface area contributed by atoms with Gasteiger partial charge in [0.05, 0.1) is 13.2 Å². The fraction of sp³-hybridized carbons (Fsp3) is 0.250. The first-order valence-electron chi connectivity index (χ1n) is 20.6. The van der Waals surface area contributed by atoms with Crippen LogP contribution in [0.3, 0.4) is 0 Å². The molecule has 0 aromatic heterocycles. The summed E-state index contributed by atoms with van der Waals surface area (Å²) in [6, 6.07) is 9.42. The van der Waals surface area contributed by atoms with Crippen LogP contribution in [0.2, 0.25) is 0 Å². The van der Waals surface area contributed by atoms with Gasteiger partial charge in [-0.15, -0.1) is 0 Å². The van der Waals surface area contributed by atoms with E-state index in [0.29, 0.717) is 36.5 Å². The maximum Gasteiger partial charge on any atom is 0.265 e. The Hall–Kier alpha value is 68.6. The normalized spacial score (nSPS) is 18.2. The van der Waals surface area contributed by atoms with Crippen LogP contribution < -0.4 is 22.7 Å². The summed E-state index contributed by atoms with van der Waals surface area (Å²) in [6.07, 6.45) is 1.77. The van der Waals surface area contributed by atoms with Gasteiger partial charge in [0, 0.05) is 38.0 Å². The van der Waals surface area contributed by atoms with Gasteiger partial charge >= 0.3 is 1270 Å². The molecular weight excluding hydrogens is 12500 g/mol. The third-order valence-corrected chi connectivity index (χ3v) is 7530. The van der Waals surface area contributed by atoms with Crippen molar-refractivity contribution in [2.24, 2.45) is 0 Å². The van der Waals surface area contributed by atoms with Crippen LogP contribution in [-0.2, 0) is 21.9 Å². The molecule has 794 valence electrons. The number of hydrogen-bond acceptors (Lipinski definition) is 4. The minimum atomic E-state index is -3.73. The molecule has 2 aliphatic heterocycles. The summed E-state index contributed by atoms with van der Waals surface area (Å²) in [5.74, 6) is 1.44. The van der Waals surface area contributed by atoms with Gasteiger partial charge in [-0.1, -0.05) is 31.9 Å². The summed E-state index contributed by atoms with van der Waals surface area (Å²) in [7, 11) is -26.2. The Balaban J connectivity index is 0.00000166. The van der Waals surface area contributed by atoms with E-state index in [-0.39, 0.29) is 4.90 Å². The quantitative estimate of drug-likeness (QED) is 0.0489. The van der Waals surface area contributed by atoms with E-state index in [9.17, 15) is 8.42 Å². The molecule has 0 spiro atoms. The van der Waals surface area contributed by atoms with Crippen LogP contribution in [0.4, 0.5) is 0 Å². The van der Waals surface area contributed by atoms with Gasteiger partial charge in [0.25, 0.3) is 9.05 Å². The molecule has 0 bridgehead atoms. The van der Waals surface area contributed by atoms with Crippen molar-refractivity contribution in [1.29, 1.82) is 0 Å². The van der Waals surface area contributed by atoms with E-state index in [2.05, 4.69) is 931 Å². The second-order valence-electron chi connectivity index (χ2n) is 12.8. The minimum Gasteiger partial charge on any atom is -0.492 e. The molecule has 0 saturated carbocycles. The average molecular weight is 12600 g/mol. The smallest absolute Gasteiger partial charge is 0.265 e. The fourth-order valence-electron chi connectivity index (χ4n) is 3.94. The predicted octanol–water partition coefficient (Wildman–Crippen LogP) is 85.0. The molecule has 0 amide bonds. The Morgan fingerprint density at radius 2 is 0.445 bits per heavy atom. The summed E-state index contributed by atoms with van der Waals surface area (Å²) < 4.78 is 34.8. The molecule has 0 fully saturated rings. The molecule has 4 nitrogen and oxygen atoms in total. The SMILES string of the molecule is Brc1ccc2c(c1)CCO2.I[I-]I(I)I(I)I(I)I(I)I(I)I(I)I(I)I(I)I(I)I(I)I(I)I(I)I(I)I(I)I(I)I(I)I(I)I(I)I(I)I(I)I(I)I(I)I(I)I(I)I(I)I(I)I(I)I(I)I(I)I(I)I(I)I(I)I(I)I(I)I(I)I(I)I(I)I(I)I(I)I(I)I(I)I(I)I(I)I(I)I(I)I(I)I.O=S(=O)(Cl)c1cc(Br)cc2c1OCC2. The van der Waals surface area contributed by atoms with Gasteiger partial charge in [-0.3, -0.25) is 0 Å². The Bertz CT molecular complexity index is 3340. The molecule has 0 aliphatic carbocycles. The molecule has 4 rings (SSSR count). The van der Waals surface area contributed by atoms with Crippen molar-refractivity contribution in [2.45, 2.75) is 17.7 Å². The molecule has 103 heteroatoms. The van der Waals surface area contributed by atoms with E-state index < -0.39 is 372 Å². The van der Waals surface area contributed by atoms with Gasteiger partial charge in [-0.25, -0.2) is 8.42 Å². The number of fused-ring (bicyclic) bond motifs is 2. The molecule has 119 heavy (non-hydrogen) atoms. The van der Waals surface area contributed by atoms with E-state index in [0.717, 1.165) is 28.8 Å². The number of ether oxygens (including phenoxy) is 2. The van der Waals surface area contributed by atoms with Crippen molar-refractivity contribution >= 4 is 1310 Å². The standard InChI is InChI=1S/C8H6BrClO3S.C8H7BrO.I95/c9-6-3-5-1-2-13-8(5)7(4-6)14(10,11)12;9-7-1-2-8-6(5-7)3-4-10-8;1-49-51(4)53(6)55(8)57(10)59(12)61(14)63(16)65(18)67(20)69(22)71(24)73(26)75(28)77(30)79(32)81(34)83(36)85(38)87(40)89(42)91(44)93(46)95(48)94(47)92(45)90(43)88(41)86(39)84(37)82(35)80(33)78(31)76(29)74(27)72(25)70(23)68(21)66(19)64(17)62(15)60(13)58(11)56(9)54(7)52(5)50(2)3/h3-4H,1-2H2;1-2,5H,3-4H2;/q;;-1. The predicted molar refractivity (Wildman–Crippen MR) is 1420 cm³/mol. The number of halogens is 98. The molecule has 2 heterocycles. The van der Waals surface area contributed by atoms with Gasteiger partial charge in [0.2, 0.25) is 0 Å². The minimum absolute atomic E-state index is 0.0426. The summed E-state index contributed by atoms with van der Waals surface area (Å²) in [5, 5.41) is 0. The number of benzene rings is 2. The van der Waals surface area contributed by atoms with E-state index in [1.807, 2.05) is 18.2 Å². The Kier molecular flexibility index (Phi) is 164. The van der Waals surface area contributed by atoms with Crippen molar-refractivity contribution in [1.82, 2.24) is 0 Å². The molecule has 0 radical (unpaired) electrons. The molecule has 0 atom stereocenters. The second-order valence-corrected chi connectivity index (χ2v) is 2280. The zero-order chi connectivity index (χ0) is 92.6. The topological polar surface area (TPSA) is 52.6 Å². The summed E-state index contributed by atoms with van der Waals surface area (Å²) in [6.45, 7) is 1.34. The van der Waals surface area contributed by atoms with E-state index in [1.165, 1.54) is 11.6 Å². The summed E-state index contributed by atoms with van der Waals surface area (Å²) >= 11 is 170. The molecule has 2 aromatic rings. The van der Waals surface area contributed by atoms with Gasteiger partial charge in [-0.2, -0.15) is 0 Å². The maximum atomic E-state index is 11.2. The van der Waals surface area contributed by atoms with Gasteiger partial charge in [0.1, 0.15) is 16.4 Å². The van der Waals surface area contributed by atoms with Crippen LogP contribution in [0, 0.1) is 0 Å². The van der Waals surface area contributed by atoms with E-state index in [1.54, 1.807) is 0 Å². The molecule has 0 saturated heterocycles. The van der Waals surface area contributed by atoms with E-state index >= 15 is 0 Å². The van der Waals surface area contributed by atoms with Crippen LogP contribution in [0.5, 0.6) is 11.5 Å². The van der Waals surface area contributed by atoms with Crippen molar-refractivity contribution in [3.63, 3.8) is 0 Å². The molecule has 2 aromatic carbocycles.